The zero-order chi connectivity index (χ0) is 21.3. The molecule has 30 heavy (non-hydrogen) atoms. The molecule has 2 heterocycles. The standard InChI is InChI=1S/C23H32N4O2S/c1-4-19-14-21(27(5-2)6-3)26-23(25-19)30-16-17-9-11-18(12-10-17)22(28)24-15-20-8-7-13-29-20/h9-12,14,20H,4-8,13,15-16H2,1-3H3,(H,24,28)/t20-/m0/s1. The smallest absolute Gasteiger partial charge is 0.251 e. The van der Waals surface area contributed by atoms with Crippen molar-refractivity contribution >= 4 is 23.5 Å². The molecule has 0 bridgehead atoms. The molecule has 162 valence electrons. The molecule has 1 aliphatic rings. The zero-order valence-electron chi connectivity index (χ0n) is 18.2. The van der Waals surface area contributed by atoms with Gasteiger partial charge in [0, 0.05) is 49.3 Å². The van der Waals surface area contributed by atoms with Gasteiger partial charge in [-0.3, -0.25) is 4.79 Å². The van der Waals surface area contributed by atoms with Gasteiger partial charge in [-0.15, -0.1) is 0 Å². The lowest BCUT2D eigenvalue weighted by Gasteiger charge is -2.20. The van der Waals surface area contributed by atoms with Crippen LogP contribution in [0.1, 0.15) is 55.2 Å². The summed E-state index contributed by atoms with van der Waals surface area (Å²) in [6, 6.07) is 9.85. The van der Waals surface area contributed by atoms with Gasteiger partial charge in [0.1, 0.15) is 5.82 Å². The van der Waals surface area contributed by atoms with Crippen molar-refractivity contribution in [2.75, 3.05) is 31.1 Å². The van der Waals surface area contributed by atoms with Gasteiger partial charge in [-0.05, 0) is 50.8 Å². The van der Waals surface area contributed by atoms with Crippen molar-refractivity contribution in [1.29, 1.82) is 0 Å². The second-order valence-electron chi connectivity index (χ2n) is 7.36. The molecule has 1 saturated heterocycles. The van der Waals surface area contributed by atoms with E-state index in [4.69, 9.17) is 9.72 Å². The Labute approximate surface area is 183 Å². The third-order valence-electron chi connectivity index (χ3n) is 5.29. The molecule has 1 aliphatic heterocycles. The van der Waals surface area contributed by atoms with Gasteiger partial charge in [0.25, 0.3) is 5.91 Å². The summed E-state index contributed by atoms with van der Waals surface area (Å²) in [6.45, 7) is 9.63. The number of ether oxygens (including phenoxy) is 1. The summed E-state index contributed by atoms with van der Waals surface area (Å²) in [4.78, 5) is 24.0. The highest BCUT2D eigenvalue weighted by Gasteiger charge is 2.16. The van der Waals surface area contributed by atoms with E-state index in [1.807, 2.05) is 24.3 Å². The molecular formula is C23H32N4O2S. The monoisotopic (exact) mass is 428 g/mol. The lowest BCUT2D eigenvalue weighted by molar-refractivity contribution is 0.0858. The van der Waals surface area contributed by atoms with E-state index in [2.05, 4.69) is 42.0 Å². The zero-order valence-corrected chi connectivity index (χ0v) is 19.0. The van der Waals surface area contributed by atoms with Gasteiger partial charge in [-0.1, -0.05) is 30.8 Å². The largest absolute Gasteiger partial charge is 0.376 e. The van der Waals surface area contributed by atoms with Gasteiger partial charge in [0.05, 0.1) is 6.10 Å². The molecule has 0 saturated carbocycles. The maximum absolute atomic E-state index is 12.3. The predicted octanol–water partition coefficient (Wildman–Crippen LogP) is 4.09. The first-order chi connectivity index (χ1) is 14.6. The maximum Gasteiger partial charge on any atom is 0.251 e. The van der Waals surface area contributed by atoms with Crippen molar-refractivity contribution in [2.45, 2.75) is 57.0 Å². The number of carbonyl (C=O) groups is 1. The average Bonchev–Trinajstić information content (AvgIpc) is 3.31. The Bertz CT molecular complexity index is 818. The van der Waals surface area contributed by atoms with E-state index in [1.54, 1.807) is 11.8 Å². The van der Waals surface area contributed by atoms with Crippen LogP contribution in [-0.4, -0.2) is 48.2 Å². The summed E-state index contributed by atoms with van der Waals surface area (Å²) >= 11 is 1.63. The lowest BCUT2D eigenvalue weighted by atomic mass is 10.1. The van der Waals surface area contributed by atoms with Gasteiger partial charge in [-0.25, -0.2) is 9.97 Å². The molecular weight excluding hydrogens is 396 g/mol. The molecule has 1 aromatic carbocycles. The van der Waals surface area contributed by atoms with Gasteiger partial charge >= 0.3 is 0 Å². The highest BCUT2D eigenvalue weighted by Crippen LogP contribution is 2.23. The first kappa shape index (κ1) is 22.6. The molecule has 0 aliphatic carbocycles. The summed E-state index contributed by atoms with van der Waals surface area (Å²) in [5.41, 5.74) is 2.88. The Morgan fingerprint density at radius 3 is 2.60 bits per heavy atom. The van der Waals surface area contributed by atoms with Gasteiger partial charge in [0.2, 0.25) is 0 Å². The molecule has 2 aromatic rings. The van der Waals surface area contributed by atoms with Gasteiger partial charge < -0.3 is 15.0 Å². The number of benzene rings is 1. The van der Waals surface area contributed by atoms with Crippen LogP contribution in [0, 0.1) is 0 Å². The van der Waals surface area contributed by atoms with Crippen LogP contribution in [0.4, 0.5) is 5.82 Å². The fraction of sp³-hybridized carbons (Fsp3) is 0.522. The van der Waals surface area contributed by atoms with Crippen molar-refractivity contribution in [1.82, 2.24) is 15.3 Å². The van der Waals surface area contributed by atoms with E-state index in [0.29, 0.717) is 12.1 Å². The number of rotatable bonds is 10. The number of hydrogen-bond acceptors (Lipinski definition) is 6. The minimum atomic E-state index is -0.0486. The molecule has 6 nitrogen and oxygen atoms in total. The number of carbonyl (C=O) groups excluding carboxylic acids is 1. The van der Waals surface area contributed by atoms with E-state index in [9.17, 15) is 4.79 Å². The van der Waals surface area contributed by atoms with E-state index in [0.717, 1.165) is 66.9 Å². The van der Waals surface area contributed by atoms with Crippen LogP contribution >= 0.6 is 11.8 Å². The molecule has 1 aromatic heterocycles. The van der Waals surface area contributed by atoms with Crippen LogP contribution in [0.2, 0.25) is 0 Å². The third kappa shape index (κ3) is 6.19. The number of hydrogen-bond donors (Lipinski definition) is 1. The number of aryl methyl sites for hydroxylation is 1. The molecule has 7 heteroatoms. The summed E-state index contributed by atoms with van der Waals surface area (Å²) in [5, 5.41) is 3.77. The summed E-state index contributed by atoms with van der Waals surface area (Å²) < 4.78 is 5.55. The molecule has 0 radical (unpaired) electrons. The van der Waals surface area contributed by atoms with Crippen LogP contribution in [-0.2, 0) is 16.9 Å². The number of thioether (sulfide) groups is 1. The highest BCUT2D eigenvalue weighted by atomic mass is 32.2. The second-order valence-corrected chi connectivity index (χ2v) is 8.30. The Morgan fingerprint density at radius 1 is 1.20 bits per heavy atom. The van der Waals surface area contributed by atoms with Crippen LogP contribution in [0.15, 0.2) is 35.5 Å². The highest BCUT2D eigenvalue weighted by molar-refractivity contribution is 7.98. The fourth-order valence-corrected chi connectivity index (χ4v) is 4.26. The van der Waals surface area contributed by atoms with E-state index in [-0.39, 0.29) is 12.0 Å². The first-order valence-electron chi connectivity index (χ1n) is 10.9. The topological polar surface area (TPSA) is 67.4 Å². The van der Waals surface area contributed by atoms with E-state index < -0.39 is 0 Å². The van der Waals surface area contributed by atoms with Crippen LogP contribution in [0.3, 0.4) is 0 Å². The number of anilines is 1. The lowest BCUT2D eigenvalue weighted by Crippen LogP contribution is -2.31. The van der Waals surface area contributed by atoms with Crippen LogP contribution < -0.4 is 10.2 Å². The second kappa shape index (κ2) is 11.3. The van der Waals surface area contributed by atoms with Crippen LogP contribution in [0.5, 0.6) is 0 Å². The normalized spacial score (nSPS) is 15.9. The number of aromatic nitrogens is 2. The van der Waals surface area contributed by atoms with E-state index >= 15 is 0 Å². The van der Waals surface area contributed by atoms with Crippen molar-refractivity contribution in [2.24, 2.45) is 0 Å². The average molecular weight is 429 g/mol. The maximum atomic E-state index is 12.3. The summed E-state index contributed by atoms with van der Waals surface area (Å²) in [7, 11) is 0. The minimum Gasteiger partial charge on any atom is -0.376 e. The van der Waals surface area contributed by atoms with Crippen LogP contribution in [0.25, 0.3) is 0 Å². The fourth-order valence-electron chi connectivity index (χ4n) is 3.43. The van der Waals surface area contributed by atoms with E-state index in [1.165, 1.54) is 0 Å². The number of nitrogens with one attached hydrogen (secondary N) is 1. The number of nitrogens with zero attached hydrogens (tertiary/aromatic N) is 3. The number of amides is 1. The van der Waals surface area contributed by atoms with Crippen molar-refractivity contribution in [3.05, 3.63) is 47.2 Å². The molecule has 3 rings (SSSR count). The molecule has 0 spiro atoms. The summed E-state index contributed by atoms with van der Waals surface area (Å²) in [5.74, 6) is 1.71. The van der Waals surface area contributed by atoms with Gasteiger partial charge in [0.15, 0.2) is 5.16 Å². The first-order valence-corrected chi connectivity index (χ1v) is 11.9. The molecule has 1 atom stereocenters. The molecule has 1 amide bonds. The SMILES string of the molecule is CCc1cc(N(CC)CC)nc(SCc2ccc(C(=O)NC[C@@H]3CCCO3)cc2)n1. The van der Waals surface area contributed by atoms with Crippen molar-refractivity contribution in [3.63, 3.8) is 0 Å². The minimum absolute atomic E-state index is 0.0486. The Balaban J connectivity index is 1.57. The Kier molecular flexibility index (Phi) is 8.51. The van der Waals surface area contributed by atoms with Crippen molar-refractivity contribution in [3.8, 4) is 0 Å². The van der Waals surface area contributed by atoms with Gasteiger partial charge in [-0.2, -0.15) is 0 Å². The predicted molar refractivity (Wildman–Crippen MR) is 122 cm³/mol. The quantitative estimate of drug-likeness (QED) is 0.454. The molecule has 1 fully saturated rings. The van der Waals surface area contributed by atoms with Crippen molar-refractivity contribution < 1.29 is 9.53 Å². The molecule has 0 unspecified atom stereocenters. The summed E-state index contributed by atoms with van der Waals surface area (Å²) in [6.07, 6.45) is 3.15. The third-order valence-corrected chi connectivity index (χ3v) is 6.21. The Morgan fingerprint density at radius 2 is 1.97 bits per heavy atom. The Hall–Kier alpha value is -2.12. The molecule has 1 N–H and O–H groups in total.